The number of carbonyl (C=O) groups is 1. The summed E-state index contributed by atoms with van der Waals surface area (Å²) in [6.45, 7) is 6.57. The van der Waals surface area contributed by atoms with E-state index in [1.54, 1.807) is 20.1 Å². The van der Waals surface area contributed by atoms with Crippen molar-refractivity contribution in [1.82, 2.24) is 9.80 Å². The molecule has 1 amide bonds. The van der Waals surface area contributed by atoms with Crippen LogP contribution in [0.15, 0.2) is 29.6 Å². The molecule has 134 valence electrons. The predicted molar refractivity (Wildman–Crippen MR) is 98.7 cm³/mol. The van der Waals surface area contributed by atoms with Crippen molar-refractivity contribution in [1.29, 1.82) is 0 Å². The van der Waals surface area contributed by atoms with E-state index in [0.717, 1.165) is 50.5 Å². The normalized spacial score (nSPS) is 15.6. The number of benzene rings is 1. The molecule has 1 aliphatic rings. The lowest BCUT2D eigenvalue weighted by molar-refractivity contribution is 0.0598. The number of rotatable bonds is 5. The quantitative estimate of drug-likeness (QED) is 0.818. The molecule has 1 saturated heterocycles. The molecule has 4 nitrogen and oxygen atoms in total. The van der Waals surface area contributed by atoms with Crippen LogP contribution in [0, 0.1) is 12.7 Å². The van der Waals surface area contributed by atoms with E-state index in [2.05, 4.69) is 4.90 Å². The molecule has 1 aliphatic heterocycles. The topological polar surface area (TPSA) is 32.8 Å². The van der Waals surface area contributed by atoms with Gasteiger partial charge < -0.3 is 9.64 Å². The first-order chi connectivity index (χ1) is 12.1. The molecule has 2 heterocycles. The highest BCUT2D eigenvalue weighted by molar-refractivity contribution is 7.12. The molecule has 1 aromatic heterocycles. The first kappa shape index (κ1) is 18.0. The van der Waals surface area contributed by atoms with Crippen molar-refractivity contribution in [3.63, 3.8) is 0 Å². The standard InChI is InChI=1S/C19H23FN2O2S/c1-14-3-4-15(11-17(14)20)16-12-18(25-13-16)19(23)22-7-5-21(6-8-22)9-10-24-2/h3-4,11-13H,5-10H2,1-2H3. The summed E-state index contributed by atoms with van der Waals surface area (Å²) in [6, 6.07) is 7.06. The largest absolute Gasteiger partial charge is 0.383 e. The summed E-state index contributed by atoms with van der Waals surface area (Å²) in [7, 11) is 1.70. The summed E-state index contributed by atoms with van der Waals surface area (Å²) in [5.41, 5.74) is 2.33. The molecule has 0 radical (unpaired) electrons. The monoisotopic (exact) mass is 362 g/mol. The zero-order chi connectivity index (χ0) is 17.8. The first-order valence-electron chi connectivity index (χ1n) is 8.44. The van der Waals surface area contributed by atoms with Crippen LogP contribution >= 0.6 is 11.3 Å². The molecule has 25 heavy (non-hydrogen) atoms. The summed E-state index contributed by atoms with van der Waals surface area (Å²) in [5, 5.41) is 1.92. The minimum atomic E-state index is -0.219. The van der Waals surface area contributed by atoms with Crippen LogP contribution in [0.25, 0.3) is 11.1 Å². The Kier molecular flexibility index (Phi) is 5.83. The number of piperazine rings is 1. The third kappa shape index (κ3) is 4.26. The van der Waals surface area contributed by atoms with Gasteiger partial charge in [0.2, 0.25) is 0 Å². The van der Waals surface area contributed by atoms with Gasteiger partial charge in [0.25, 0.3) is 5.91 Å². The van der Waals surface area contributed by atoms with E-state index >= 15 is 0 Å². The number of aryl methyl sites for hydroxylation is 1. The highest BCUT2D eigenvalue weighted by Gasteiger charge is 2.23. The Hall–Kier alpha value is -1.76. The van der Waals surface area contributed by atoms with Crippen LogP contribution in [0.1, 0.15) is 15.2 Å². The third-order valence-electron chi connectivity index (χ3n) is 4.59. The van der Waals surface area contributed by atoms with Crippen LogP contribution in [0.2, 0.25) is 0 Å². The van der Waals surface area contributed by atoms with Gasteiger partial charge in [-0.1, -0.05) is 12.1 Å². The van der Waals surface area contributed by atoms with Crippen molar-refractivity contribution < 1.29 is 13.9 Å². The van der Waals surface area contributed by atoms with Gasteiger partial charge in [0.05, 0.1) is 11.5 Å². The van der Waals surface area contributed by atoms with Crippen LogP contribution in [0.5, 0.6) is 0 Å². The molecule has 0 unspecified atom stereocenters. The summed E-state index contributed by atoms with van der Waals surface area (Å²) in [6.07, 6.45) is 0. The molecule has 0 aliphatic carbocycles. The van der Waals surface area contributed by atoms with E-state index < -0.39 is 0 Å². The number of thiophene rings is 1. The Bertz CT molecular complexity index is 739. The molecule has 2 aromatic rings. The summed E-state index contributed by atoms with van der Waals surface area (Å²) < 4.78 is 18.9. The zero-order valence-corrected chi connectivity index (χ0v) is 15.4. The second-order valence-electron chi connectivity index (χ2n) is 6.29. The Labute approximate surface area is 151 Å². The van der Waals surface area contributed by atoms with Crippen LogP contribution in [0.4, 0.5) is 4.39 Å². The number of carbonyl (C=O) groups excluding carboxylic acids is 1. The highest BCUT2D eigenvalue weighted by Crippen LogP contribution is 2.28. The lowest BCUT2D eigenvalue weighted by atomic mass is 10.1. The molecule has 1 aromatic carbocycles. The van der Waals surface area contributed by atoms with E-state index in [1.807, 2.05) is 22.4 Å². The number of nitrogens with zero attached hydrogens (tertiary/aromatic N) is 2. The number of hydrogen-bond acceptors (Lipinski definition) is 4. The second kappa shape index (κ2) is 8.08. The Morgan fingerprint density at radius 2 is 1.96 bits per heavy atom. The number of methoxy groups -OCH3 is 1. The fourth-order valence-corrected chi connectivity index (χ4v) is 3.81. The Morgan fingerprint density at radius 3 is 2.64 bits per heavy atom. The Balaban J connectivity index is 1.64. The molecule has 6 heteroatoms. The maximum absolute atomic E-state index is 13.8. The fourth-order valence-electron chi connectivity index (χ4n) is 2.92. The molecular weight excluding hydrogens is 339 g/mol. The summed E-state index contributed by atoms with van der Waals surface area (Å²) in [5.74, 6) is -0.154. The van der Waals surface area contributed by atoms with Crippen molar-refractivity contribution in [3.05, 3.63) is 45.9 Å². The van der Waals surface area contributed by atoms with Gasteiger partial charge in [-0.15, -0.1) is 11.3 Å². The van der Waals surface area contributed by atoms with Gasteiger partial charge >= 0.3 is 0 Å². The summed E-state index contributed by atoms with van der Waals surface area (Å²) >= 11 is 1.42. The number of ether oxygens (including phenoxy) is 1. The van der Waals surface area contributed by atoms with Gasteiger partial charge in [-0.3, -0.25) is 9.69 Å². The van der Waals surface area contributed by atoms with Crippen LogP contribution in [0.3, 0.4) is 0 Å². The molecule has 3 rings (SSSR count). The van der Waals surface area contributed by atoms with E-state index in [4.69, 9.17) is 4.74 Å². The third-order valence-corrected chi connectivity index (χ3v) is 5.50. The average Bonchev–Trinajstić information content (AvgIpc) is 3.12. The maximum atomic E-state index is 13.8. The van der Waals surface area contributed by atoms with E-state index in [9.17, 15) is 9.18 Å². The van der Waals surface area contributed by atoms with Crippen molar-refractivity contribution in [2.75, 3.05) is 46.4 Å². The van der Waals surface area contributed by atoms with Crippen LogP contribution < -0.4 is 0 Å². The number of hydrogen-bond donors (Lipinski definition) is 0. The minimum Gasteiger partial charge on any atom is -0.383 e. The van der Waals surface area contributed by atoms with Crippen molar-refractivity contribution in [2.24, 2.45) is 0 Å². The fraction of sp³-hybridized carbons (Fsp3) is 0.421. The Morgan fingerprint density at radius 1 is 1.20 bits per heavy atom. The second-order valence-corrected chi connectivity index (χ2v) is 7.20. The lowest BCUT2D eigenvalue weighted by Gasteiger charge is -2.34. The van der Waals surface area contributed by atoms with E-state index in [0.29, 0.717) is 10.4 Å². The number of amides is 1. The maximum Gasteiger partial charge on any atom is 0.264 e. The first-order valence-corrected chi connectivity index (χ1v) is 9.32. The molecule has 1 fully saturated rings. The summed E-state index contributed by atoms with van der Waals surface area (Å²) in [4.78, 5) is 17.6. The van der Waals surface area contributed by atoms with E-state index in [1.165, 1.54) is 17.4 Å². The van der Waals surface area contributed by atoms with Crippen LogP contribution in [-0.2, 0) is 4.74 Å². The molecule has 0 bridgehead atoms. The van der Waals surface area contributed by atoms with Gasteiger partial charge in [0.1, 0.15) is 5.82 Å². The van der Waals surface area contributed by atoms with Gasteiger partial charge in [0.15, 0.2) is 0 Å². The van der Waals surface area contributed by atoms with Crippen molar-refractivity contribution in [2.45, 2.75) is 6.92 Å². The number of halogens is 1. The van der Waals surface area contributed by atoms with Crippen LogP contribution in [-0.4, -0.2) is 62.1 Å². The molecule has 0 spiro atoms. The SMILES string of the molecule is COCCN1CCN(C(=O)c2cc(-c3ccc(C)c(F)c3)cs2)CC1. The predicted octanol–water partition coefficient (Wildman–Crippen LogP) is 3.27. The van der Waals surface area contributed by atoms with E-state index in [-0.39, 0.29) is 11.7 Å². The van der Waals surface area contributed by atoms with Gasteiger partial charge in [0, 0.05) is 39.8 Å². The lowest BCUT2D eigenvalue weighted by Crippen LogP contribution is -2.49. The zero-order valence-electron chi connectivity index (χ0n) is 14.6. The highest BCUT2D eigenvalue weighted by atomic mass is 32.1. The molecule has 0 N–H and O–H groups in total. The smallest absolute Gasteiger partial charge is 0.264 e. The van der Waals surface area contributed by atoms with Gasteiger partial charge in [-0.05, 0) is 41.1 Å². The van der Waals surface area contributed by atoms with Gasteiger partial charge in [-0.25, -0.2) is 4.39 Å². The van der Waals surface area contributed by atoms with Crippen molar-refractivity contribution in [3.8, 4) is 11.1 Å². The van der Waals surface area contributed by atoms with Gasteiger partial charge in [-0.2, -0.15) is 0 Å². The van der Waals surface area contributed by atoms with Crippen molar-refractivity contribution >= 4 is 17.2 Å². The minimum absolute atomic E-state index is 0.0650. The molecular formula is C19H23FN2O2S. The average molecular weight is 362 g/mol. The molecule has 0 saturated carbocycles. The molecule has 0 atom stereocenters.